The number of ether oxygens (including phenoxy) is 1. The second-order valence-electron chi connectivity index (χ2n) is 4.80. The second-order valence-corrected chi connectivity index (χ2v) is 5.73. The first-order valence-corrected chi connectivity index (χ1v) is 7.88. The Hall–Kier alpha value is -2.71. The monoisotopic (exact) mass is 362 g/mol. The normalized spacial score (nSPS) is 10.5. The van der Waals surface area contributed by atoms with Crippen LogP contribution in [0, 0.1) is 0 Å². The van der Waals surface area contributed by atoms with Crippen molar-refractivity contribution in [1.29, 1.82) is 0 Å². The van der Waals surface area contributed by atoms with Gasteiger partial charge in [0, 0.05) is 0 Å². The van der Waals surface area contributed by atoms with Crippen molar-refractivity contribution in [3.8, 4) is 0 Å². The number of fused-ring (bicyclic) bond motifs is 1. The molecule has 1 heterocycles. The van der Waals surface area contributed by atoms with Gasteiger partial charge in [0.05, 0.1) is 33.7 Å². The molecule has 1 aromatic heterocycles. The third-order valence-electron chi connectivity index (χ3n) is 3.13. The molecule has 0 radical (unpaired) electrons. The summed E-state index contributed by atoms with van der Waals surface area (Å²) in [6, 6.07) is 9.60. The van der Waals surface area contributed by atoms with Crippen LogP contribution in [0.5, 0.6) is 0 Å². The van der Waals surface area contributed by atoms with Crippen LogP contribution in [0.4, 0.5) is 11.4 Å². The number of nitrogens with one attached hydrogen (secondary N) is 1. The van der Waals surface area contributed by atoms with Crippen LogP contribution in [0.1, 0.15) is 10.4 Å². The first-order chi connectivity index (χ1) is 11.5. The topological polar surface area (TPSA) is 107 Å². The average Bonchev–Trinajstić information content (AvgIpc) is 3.05. The molecule has 0 fully saturated rings. The molecule has 0 aliphatic heterocycles. The Kier molecular flexibility index (Phi) is 4.59. The minimum Gasteiger partial charge on any atom is -0.452 e. The molecular formula is C15H11ClN4O3S. The molecule has 24 heavy (non-hydrogen) atoms. The van der Waals surface area contributed by atoms with Gasteiger partial charge in [0.25, 0.3) is 5.91 Å². The number of carbonyl (C=O) groups is 2. The molecule has 0 atom stereocenters. The van der Waals surface area contributed by atoms with Crippen molar-refractivity contribution in [2.75, 3.05) is 17.7 Å². The van der Waals surface area contributed by atoms with Gasteiger partial charge >= 0.3 is 5.97 Å². The molecular weight excluding hydrogens is 352 g/mol. The first-order valence-electron chi connectivity index (χ1n) is 6.78. The predicted molar refractivity (Wildman–Crippen MR) is 92.2 cm³/mol. The SMILES string of the molecule is Nc1cc(C(=O)OCC(=O)Nc2cccc3nsnc23)ccc1Cl. The Morgan fingerprint density at radius 2 is 2.08 bits per heavy atom. The quantitative estimate of drug-likeness (QED) is 0.545. The standard InChI is InChI=1S/C15H11ClN4O3S/c16-9-5-4-8(6-10(9)17)15(22)23-7-13(21)18-11-2-1-3-12-14(11)20-24-19-12/h1-6H,7,17H2,(H,18,21). The Bertz CT molecular complexity index is 928. The van der Waals surface area contributed by atoms with Crippen LogP contribution in [-0.4, -0.2) is 27.2 Å². The highest BCUT2D eigenvalue weighted by Crippen LogP contribution is 2.21. The molecule has 3 rings (SSSR count). The number of benzene rings is 2. The number of amides is 1. The lowest BCUT2D eigenvalue weighted by molar-refractivity contribution is -0.119. The smallest absolute Gasteiger partial charge is 0.338 e. The first kappa shape index (κ1) is 16.2. The van der Waals surface area contributed by atoms with Crippen molar-refractivity contribution < 1.29 is 14.3 Å². The Morgan fingerprint density at radius 1 is 1.25 bits per heavy atom. The van der Waals surface area contributed by atoms with E-state index in [9.17, 15) is 9.59 Å². The summed E-state index contributed by atoms with van der Waals surface area (Å²) in [7, 11) is 0. The summed E-state index contributed by atoms with van der Waals surface area (Å²) in [6.45, 7) is -0.435. The lowest BCUT2D eigenvalue weighted by Crippen LogP contribution is -2.21. The summed E-state index contributed by atoms with van der Waals surface area (Å²) < 4.78 is 13.2. The fraction of sp³-hybridized carbons (Fsp3) is 0.0667. The van der Waals surface area contributed by atoms with Gasteiger partial charge in [-0.15, -0.1) is 0 Å². The van der Waals surface area contributed by atoms with E-state index < -0.39 is 18.5 Å². The summed E-state index contributed by atoms with van der Waals surface area (Å²) in [4.78, 5) is 23.9. The number of anilines is 2. The maximum absolute atomic E-state index is 12.0. The number of hydrogen-bond donors (Lipinski definition) is 2. The van der Waals surface area contributed by atoms with E-state index in [2.05, 4.69) is 14.1 Å². The van der Waals surface area contributed by atoms with Crippen molar-refractivity contribution in [3.63, 3.8) is 0 Å². The molecule has 122 valence electrons. The van der Waals surface area contributed by atoms with Gasteiger partial charge in [-0.3, -0.25) is 4.79 Å². The van der Waals surface area contributed by atoms with Crippen LogP contribution < -0.4 is 11.1 Å². The molecule has 0 aliphatic carbocycles. The molecule has 3 N–H and O–H groups in total. The molecule has 0 saturated heterocycles. The summed E-state index contributed by atoms with van der Waals surface area (Å²) in [5.74, 6) is -1.15. The molecule has 7 nitrogen and oxygen atoms in total. The highest BCUT2D eigenvalue weighted by Gasteiger charge is 2.13. The Balaban J connectivity index is 1.62. The van der Waals surface area contributed by atoms with Gasteiger partial charge in [-0.25, -0.2) is 4.79 Å². The van der Waals surface area contributed by atoms with Crippen molar-refractivity contribution in [1.82, 2.24) is 8.75 Å². The van der Waals surface area contributed by atoms with Crippen LogP contribution in [0.15, 0.2) is 36.4 Å². The zero-order valence-corrected chi connectivity index (χ0v) is 13.7. The number of nitrogens with two attached hydrogens (primary N) is 1. The van der Waals surface area contributed by atoms with E-state index in [1.165, 1.54) is 18.2 Å². The predicted octanol–water partition coefficient (Wildman–Crippen LogP) is 2.72. The Labute approximate surface area is 145 Å². The number of rotatable bonds is 4. The van der Waals surface area contributed by atoms with Crippen molar-refractivity contribution in [3.05, 3.63) is 47.0 Å². The maximum atomic E-state index is 12.0. The summed E-state index contributed by atoms with van der Waals surface area (Å²) in [5.41, 5.74) is 7.90. The number of nitrogens with zero attached hydrogens (tertiary/aromatic N) is 2. The molecule has 0 saturated carbocycles. The summed E-state index contributed by atoms with van der Waals surface area (Å²) in [6.07, 6.45) is 0. The largest absolute Gasteiger partial charge is 0.452 e. The zero-order chi connectivity index (χ0) is 17.1. The molecule has 1 amide bonds. The van der Waals surface area contributed by atoms with Gasteiger partial charge in [-0.1, -0.05) is 17.7 Å². The van der Waals surface area contributed by atoms with Gasteiger partial charge in [0.15, 0.2) is 6.61 Å². The lowest BCUT2D eigenvalue weighted by atomic mass is 10.2. The van der Waals surface area contributed by atoms with Gasteiger partial charge in [0.1, 0.15) is 11.0 Å². The molecule has 0 unspecified atom stereocenters. The van der Waals surface area contributed by atoms with Crippen LogP contribution in [0.3, 0.4) is 0 Å². The van der Waals surface area contributed by atoms with E-state index >= 15 is 0 Å². The van der Waals surface area contributed by atoms with Crippen LogP contribution >= 0.6 is 23.3 Å². The van der Waals surface area contributed by atoms with Gasteiger partial charge < -0.3 is 15.8 Å². The molecule has 2 aromatic carbocycles. The van der Waals surface area contributed by atoms with Crippen LogP contribution in [0.2, 0.25) is 5.02 Å². The average molecular weight is 363 g/mol. The maximum Gasteiger partial charge on any atom is 0.338 e. The van der Waals surface area contributed by atoms with Crippen molar-refractivity contribution >= 4 is 57.6 Å². The second kappa shape index (κ2) is 6.81. The van der Waals surface area contributed by atoms with Crippen molar-refractivity contribution in [2.24, 2.45) is 0 Å². The third kappa shape index (κ3) is 3.44. The molecule has 0 bridgehead atoms. The number of hydrogen-bond acceptors (Lipinski definition) is 7. The van der Waals surface area contributed by atoms with Crippen LogP contribution in [-0.2, 0) is 9.53 Å². The molecule has 3 aromatic rings. The zero-order valence-electron chi connectivity index (χ0n) is 12.2. The minimum atomic E-state index is -0.665. The van der Waals surface area contributed by atoms with Gasteiger partial charge in [-0.2, -0.15) is 8.75 Å². The van der Waals surface area contributed by atoms with Crippen molar-refractivity contribution in [2.45, 2.75) is 0 Å². The fourth-order valence-corrected chi connectivity index (χ4v) is 2.65. The van der Waals surface area contributed by atoms with E-state index in [0.717, 1.165) is 11.7 Å². The lowest BCUT2D eigenvalue weighted by Gasteiger charge is -2.07. The Morgan fingerprint density at radius 3 is 2.88 bits per heavy atom. The number of esters is 1. The highest BCUT2D eigenvalue weighted by atomic mass is 35.5. The van der Waals surface area contributed by atoms with E-state index in [4.69, 9.17) is 22.1 Å². The highest BCUT2D eigenvalue weighted by molar-refractivity contribution is 7.00. The van der Waals surface area contributed by atoms with E-state index in [-0.39, 0.29) is 11.3 Å². The van der Waals surface area contributed by atoms with Gasteiger partial charge in [0.2, 0.25) is 0 Å². The van der Waals surface area contributed by atoms with Gasteiger partial charge in [-0.05, 0) is 30.3 Å². The van der Waals surface area contributed by atoms with Crippen LogP contribution in [0.25, 0.3) is 11.0 Å². The molecule has 0 spiro atoms. The number of aromatic nitrogens is 2. The number of halogens is 1. The molecule has 9 heteroatoms. The molecule has 0 aliphatic rings. The van der Waals surface area contributed by atoms with E-state index in [1.807, 2.05) is 0 Å². The number of nitrogen functional groups attached to an aromatic ring is 1. The third-order valence-corrected chi connectivity index (χ3v) is 4.01. The number of carbonyl (C=O) groups excluding carboxylic acids is 2. The minimum absolute atomic E-state index is 0.218. The fourth-order valence-electron chi connectivity index (χ4n) is 1.98. The van der Waals surface area contributed by atoms with E-state index in [0.29, 0.717) is 21.7 Å². The summed E-state index contributed by atoms with van der Waals surface area (Å²) >= 11 is 6.84. The van der Waals surface area contributed by atoms with E-state index in [1.54, 1.807) is 18.2 Å². The summed E-state index contributed by atoms with van der Waals surface area (Å²) in [5, 5.41) is 2.98.